The van der Waals surface area contributed by atoms with E-state index < -0.39 is 0 Å². The highest BCUT2D eigenvalue weighted by Crippen LogP contribution is 2.26. The van der Waals surface area contributed by atoms with E-state index in [1.54, 1.807) is 0 Å². The van der Waals surface area contributed by atoms with Crippen LogP contribution in [0, 0.1) is 11.3 Å². The first kappa shape index (κ1) is 17.6. The Kier molecular flexibility index (Phi) is 6.80. The number of carbonyl (C=O) groups excluding carboxylic acids is 1. The zero-order valence-corrected chi connectivity index (χ0v) is 14.1. The number of allylic oxidation sites excluding steroid dienone is 6. The molecule has 1 aliphatic carbocycles. The van der Waals surface area contributed by atoms with Gasteiger partial charge in [0.1, 0.15) is 6.29 Å². The van der Waals surface area contributed by atoms with Crippen LogP contribution in [-0.2, 0) is 4.79 Å². The van der Waals surface area contributed by atoms with Crippen molar-refractivity contribution in [3.63, 3.8) is 0 Å². The summed E-state index contributed by atoms with van der Waals surface area (Å²) in [6.07, 6.45) is 13.6. The average Bonchev–Trinajstić information content (AvgIpc) is 2.59. The molecule has 0 saturated heterocycles. The number of aliphatic imine (C=N–C) groups is 1. The van der Waals surface area contributed by atoms with E-state index in [-0.39, 0.29) is 5.41 Å². The normalized spacial score (nSPS) is 21.0. The molecule has 21 heavy (non-hydrogen) atoms. The van der Waals surface area contributed by atoms with Gasteiger partial charge in [0.05, 0.1) is 0 Å². The predicted molar refractivity (Wildman–Crippen MR) is 91.8 cm³/mol. The van der Waals surface area contributed by atoms with E-state index in [1.807, 2.05) is 7.05 Å². The van der Waals surface area contributed by atoms with Gasteiger partial charge in [0.2, 0.25) is 0 Å². The molecule has 0 unspecified atom stereocenters. The Morgan fingerprint density at radius 1 is 1.43 bits per heavy atom. The van der Waals surface area contributed by atoms with Crippen molar-refractivity contribution in [3.8, 4) is 0 Å². The second kappa shape index (κ2) is 8.11. The van der Waals surface area contributed by atoms with E-state index in [1.165, 1.54) is 11.1 Å². The van der Waals surface area contributed by atoms with Gasteiger partial charge in [-0.25, -0.2) is 0 Å². The first-order chi connectivity index (χ1) is 9.86. The standard InChI is InChI=1S/C19H29NO/c1-15-7-6-8-16(10-9-15)13-17(11-12-21)14-18(20-5)19(2,3)4/h7,9-10,12,14,16H,6,8,11,13H2,1-5H3/b17-14-,20-18?/t16-/m0/s1. The topological polar surface area (TPSA) is 29.4 Å². The first-order valence-electron chi connectivity index (χ1n) is 7.82. The van der Waals surface area contributed by atoms with Crippen molar-refractivity contribution in [1.29, 1.82) is 0 Å². The minimum absolute atomic E-state index is 0.0142. The van der Waals surface area contributed by atoms with Gasteiger partial charge in [0.15, 0.2) is 0 Å². The third-order valence-corrected chi connectivity index (χ3v) is 3.86. The lowest BCUT2D eigenvalue weighted by molar-refractivity contribution is -0.107. The molecular weight excluding hydrogens is 258 g/mol. The van der Waals surface area contributed by atoms with Crippen LogP contribution in [0.4, 0.5) is 0 Å². The van der Waals surface area contributed by atoms with Crippen molar-refractivity contribution in [2.24, 2.45) is 16.3 Å². The molecule has 0 spiro atoms. The molecule has 1 rings (SSSR count). The monoisotopic (exact) mass is 287 g/mol. The molecule has 0 N–H and O–H groups in total. The van der Waals surface area contributed by atoms with Gasteiger partial charge in [-0.15, -0.1) is 0 Å². The van der Waals surface area contributed by atoms with Crippen molar-refractivity contribution in [3.05, 3.63) is 35.5 Å². The number of hydrogen-bond donors (Lipinski definition) is 0. The van der Waals surface area contributed by atoms with E-state index in [9.17, 15) is 4.79 Å². The summed E-state index contributed by atoms with van der Waals surface area (Å²) >= 11 is 0. The fourth-order valence-electron chi connectivity index (χ4n) is 2.60. The highest BCUT2D eigenvalue weighted by molar-refractivity contribution is 5.99. The molecule has 116 valence electrons. The zero-order chi connectivity index (χ0) is 15.9. The van der Waals surface area contributed by atoms with Crippen LogP contribution >= 0.6 is 0 Å². The Bertz CT molecular complexity index is 472. The number of hydrogen-bond acceptors (Lipinski definition) is 2. The van der Waals surface area contributed by atoms with Gasteiger partial charge in [-0.1, -0.05) is 50.1 Å². The maximum absolute atomic E-state index is 11.0. The van der Waals surface area contributed by atoms with Crippen molar-refractivity contribution in [2.45, 2.75) is 53.4 Å². The molecule has 0 aromatic heterocycles. The van der Waals surface area contributed by atoms with Crippen LogP contribution < -0.4 is 0 Å². The molecule has 2 nitrogen and oxygen atoms in total. The third kappa shape index (κ3) is 6.24. The minimum Gasteiger partial charge on any atom is -0.303 e. The smallest absolute Gasteiger partial charge is 0.124 e. The lowest BCUT2D eigenvalue weighted by Crippen LogP contribution is -2.19. The van der Waals surface area contributed by atoms with Gasteiger partial charge in [0.25, 0.3) is 0 Å². The summed E-state index contributed by atoms with van der Waals surface area (Å²) in [4.78, 5) is 15.4. The summed E-state index contributed by atoms with van der Waals surface area (Å²) in [6, 6.07) is 0. The Hall–Kier alpha value is -1.44. The van der Waals surface area contributed by atoms with Crippen molar-refractivity contribution in [1.82, 2.24) is 0 Å². The van der Waals surface area contributed by atoms with Crippen LogP contribution in [-0.4, -0.2) is 19.0 Å². The van der Waals surface area contributed by atoms with Crippen LogP contribution in [0.15, 0.2) is 40.4 Å². The minimum atomic E-state index is 0.0142. The molecule has 1 aliphatic rings. The predicted octanol–water partition coefficient (Wildman–Crippen LogP) is 4.92. The molecular formula is C19H29NO. The summed E-state index contributed by atoms with van der Waals surface area (Å²) in [6.45, 7) is 8.61. The summed E-state index contributed by atoms with van der Waals surface area (Å²) < 4.78 is 0. The Morgan fingerprint density at radius 2 is 2.14 bits per heavy atom. The molecule has 0 bridgehead atoms. The number of carbonyl (C=O) groups is 1. The van der Waals surface area contributed by atoms with Crippen molar-refractivity contribution >= 4 is 12.0 Å². The zero-order valence-electron chi connectivity index (χ0n) is 14.1. The van der Waals surface area contributed by atoms with Gasteiger partial charge in [-0.2, -0.15) is 0 Å². The Labute approximate surface area is 129 Å². The highest BCUT2D eigenvalue weighted by atomic mass is 16.1. The second-order valence-electron chi connectivity index (χ2n) is 6.88. The average molecular weight is 287 g/mol. The summed E-state index contributed by atoms with van der Waals surface area (Å²) in [7, 11) is 1.83. The summed E-state index contributed by atoms with van der Waals surface area (Å²) in [5.41, 5.74) is 3.60. The maximum atomic E-state index is 11.0. The quantitative estimate of drug-likeness (QED) is 0.521. The van der Waals surface area contributed by atoms with Gasteiger partial charge < -0.3 is 4.79 Å². The Morgan fingerprint density at radius 3 is 2.71 bits per heavy atom. The van der Waals surface area contributed by atoms with Crippen LogP contribution in [0.5, 0.6) is 0 Å². The molecule has 0 radical (unpaired) electrons. The van der Waals surface area contributed by atoms with Crippen LogP contribution in [0.2, 0.25) is 0 Å². The highest BCUT2D eigenvalue weighted by Gasteiger charge is 2.18. The van der Waals surface area contributed by atoms with E-state index in [0.29, 0.717) is 12.3 Å². The van der Waals surface area contributed by atoms with Crippen LogP contribution in [0.25, 0.3) is 0 Å². The van der Waals surface area contributed by atoms with Crippen molar-refractivity contribution < 1.29 is 4.79 Å². The SMILES string of the molecule is CN=C(/C=C(/CC=O)C[C@@H]1C=CC(C)=CCC1)C(C)(C)C. The van der Waals surface area contributed by atoms with Gasteiger partial charge in [-0.05, 0) is 38.2 Å². The van der Waals surface area contributed by atoms with E-state index >= 15 is 0 Å². The second-order valence-corrected chi connectivity index (χ2v) is 6.88. The molecule has 0 saturated carbocycles. The third-order valence-electron chi connectivity index (χ3n) is 3.86. The van der Waals surface area contributed by atoms with Gasteiger partial charge >= 0.3 is 0 Å². The number of nitrogens with zero attached hydrogens (tertiary/aromatic N) is 1. The molecule has 2 heteroatoms. The molecule has 0 fully saturated rings. The lowest BCUT2D eigenvalue weighted by Gasteiger charge is -2.20. The largest absolute Gasteiger partial charge is 0.303 e. The molecule has 0 aromatic rings. The first-order valence-corrected chi connectivity index (χ1v) is 7.82. The molecule has 1 atom stereocenters. The van der Waals surface area contributed by atoms with E-state index in [2.05, 4.69) is 57.0 Å². The molecule has 0 heterocycles. The Balaban J connectivity index is 2.87. The molecule has 0 aromatic carbocycles. The van der Waals surface area contributed by atoms with Crippen LogP contribution in [0.3, 0.4) is 0 Å². The van der Waals surface area contributed by atoms with Crippen LogP contribution in [0.1, 0.15) is 53.4 Å². The maximum Gasteiger partial charge on any atom is 0.124 e. The number of rotatable bonds is 5. The fourth-order valence-corrected chi connectivity index (χ4v) is 2.60. The lowest BCUT2D eigenvalue weighted by atomic mass is 9.86. The van der Waals surface area contributed by atoms with E-state index in [0.717, 1.165) is 31.3 Å². The van der Waals surface area contributed by atoms with Gasteiger partial charge in [-0.3, -0.25) is 4.99 Å². The number of aldehydes is 1. The summed E-state index contributed by atoms with van der Waals surface area (Å²) in [5.74, 6) is 0.517. The van der Waals surface area contributed by atoms with Crippen molar-refractivity contribution in [2.75, 3.05) is 7.05 Å². The molecule has 0 aliphatic heterocycles. The summed E-state index contributed by atoms with van der Waals surface area (Å²) in [5, 5.41) is 0. The van der Waals surface area contributed by atoms with E-state index in [4.69, 9.17) is 0 Å². The molecule has 0 amide bonds. The van der Waals surface area contributed by atoms with Gasteiger partial charge in [0, 0.05) is 24.6 Å². The fraction of sp³-hybridized carbons (Fsp3) is 0.579.